The number of benzene rings is 1. The molecule has 2 aromatic rings. The molecule has 0 spiro atoms. The molecule has 2 heterocycles. The molecule has 0 bridgehead atoms. The van der Waals surface area contributed by atoms with Crippen LogP contribution in [-0.4, -0.2) is 17.9 Å². The maximum Gasteiger partial charge on any atom is 0.305 e. The zero-order chi connectivity index (χ0) is 14.7. The molecule has 1 unspecified atom stereocenters. The first-order valence-electron chi connectivity index (χ1n) is 6.59. The van der Waals surface area contributed by atoms with E-state index in [4.69, 9.17) is 14.6 Å². The van der Waals surface area contributed by atoms with Crippen molar-refractivity contribution < 1.29 is 19.4 Å². The summed E-state index contributed by atoms with van der Waals surface area (Å²) in [5, 5.41) is 14.3. The van der Waals surface area contributed by atoms with Crippen LogP contribution < -0.4 is 14.8 Å². The van der Waals surface area contributed by atoms with Crippen LogP contribution in [0.4, 0.5) is 0 Å². The van der Waals surface area contributed by atoms with Gasteiger partial charge in [0.25, 0.3) is 0 Å². The van der Waals surface area contributed by atoms with Crippen LogP contribution in [0.2, 0.25) is 0 Å². The second-order valence-corrected chi connectivity index (χ2v) is 5.71. The van der Waals surface area contributed by atoms with Crippen LogP contribution in [0.15, 0.2) is 35.7 Å². The number of rotatable bonds is 6. The Bertz CT molecular complexity index is 627. The Morgan fingerprint density at radius 2 is 2.19 bits per heavy atom. The van der Waals surface area contributed by atoms with Gasteiger partial charge in [0.2, 0.25) is 6.79 Å². The summed E-state index contributed by atoms with van der Waals surface area (Å²) in [4.78, 5) is 12.0. The minimum Gasteiger partial charge on any atom is -0.481 e. The Balaban J connectivity index is 1.67. The lowest BCUT2D eigenvalue weighted by Crippen LogP contribution is -2.22. The summed E-state index contributed by atoms with van der Waals surface area (Å²) in [7, 11) is 0. The summed E-state index contributed by atoms with van der Waals surface area (Å²) in [5.74, 6) is 0.672. The zero-order valence-corrected chi connectivity index (χ0v) is 12.1. The second kappa shape index (κ2) is 6.15. The molecule has 1 aliphatic rings. The number of carboxylic acids is 1. The monoisotopic (exact) mass is 305 g/mol. The minimum atomic E-state index is -0.813. The number of ether oxygens (including phenoxy) is 2. The first kappa shape index (κ1) is 13.9. The van der Waals surface area contributed by atoms with Crippen LogP contribution in [0, 0.1) is 0 Å². The maximum atomic E-state index is 11.0. The average molecular weight is 305 g/mol. The Kier molecular flexibility index (Phi) is 4.08. The number of aliphatic carboxylic acids is 1. The van der Waals surface area contributed by atoms with Gasteiger partial charge in [-0.2, -0.15) is 0 Å². The van der Waals surface area contributed by atoms with Crippen LogP contribution in [0.1, 0.15) is 22.9 Å². The summed E-state index contributed by atoms with van der Waals surface area (Å²) in [5.41, 5.74) is 1.03. The molecular weight excluding hydrogens is 290 g/mol. The molecule has 1 aromatic carbocycles. The third kappa shape index (κ3) is 3.34. The smallest absolute Gasteiger partial charge is 0.305 e. The fourth-order valence-electron chi connectivity index (χ4n) is 2.23. The lowest BCUT2D eigenvalue weighted by Gasteiger charge is -2.15. The molecule has 1 aliphatic heterocycles. The van der Waals surface area contributed by atoms with Gasteiger partial charge in [-0.1, -0.05) is 12.1 Å². The quantitative estimate of drug-likeness (QED) is 0.859. The molecule has 6 heteroatoms. The number of hydrogen-bond acceptors (Lipinski definition) is 5. The molecule has 1 atom stereocenters. The van der Waals surface area contributed by atoms with Gasteiger partial charge in [0.05, 0.1) is 12.5 Å². The number of carboxylic acid groups (broad SMARTS) is 1. The Hall–Kier alpha value is -2.05. The number of carbonyl (C=O) groups is 1. The molecular formula is C15H15NO4S. The Labute approximate surface area is 126 Å². The zero-order valence-electron chi connectivity index (χ0n) is 11.2. The van der Waals surface area contributed by atoms with Crippen LogP contribution in [0.5, 0.6) is 11.5 Å². The fraction of sp³-hybridized carbons (Fsp3) is 0.267. The molecule has 0 aliphatic carbocycles. The van der Waals surface area contributed by atoms with Crippen LogP contribution in [-0.2, 0) is 11.3 Å². The molecule has 2 N–H and O–H groups in total. The normalized spacial score (nSPS) is 14.1. The summed E-state index contributed by atoms with van der Waals surface area (Å²) in [6, 6.07) is 9.43. The second-order valence-electron chi connectivity index (χ2n) is 4.73. The first-order chi connectivity index (χ1) is 10.2. The van der Waals surface area contributed by atoms with Gasteiger partial charge in [-0.05, 0) is 29.1 Å². The van der Waals surface area contributed by atoms with Crippen molar-refractivity contribution in [1.82, 2.24) is 5.32 Å². The fourth-order valence-corrected chi connectivity index (χ4v) is 3.03. The summed E-state index contributed by atoms with van der Waals surface area (Å²) in [6.45, 7) is 0.829. The first-order valence-corrected chi connectivity index (χ1v) is 7.47. The van der Waals surface area contributed by atoms with Crippen molar-refractivity contribution >= 4 is 17.3 Å². The van der Waals surface area contributed by atoms with E-state index in [2.05, 4.69) is 5.32 Å². The van der Waals surface area contributed by atoms with Crippen molar-refractivity contribution in [3.63, 3.8) is 0 Å². The van der Waals surface area contributed by atoms with Gasteiger partial charge < -0.3 is 19.9 Å². The van der Waals surface area contributed by atoms with Crippen molar-refractivity contribution in [1.29, 1.82) is 0 Å². The van der Waals surface area contributed by atoms with E-state index in [-0.39, 0.29) is 19.3 Å². The summed E-state index contributed by atoms with van der Waals surface area (Å²) in [6.07, 6.45) is 0.0606. The van der Waals surface area contributed by atoms with Crippen LogP contribution >= 0.6 is 11.3 Å². The molecule has 0 saturated heterocycles. The van der Waals surface area contributed by atoms with E-state index in [0.29, 0.717) is 6.54 Å². The van der Waals surface area contributed by atoms with Gasteiger partial charge >= 0.3 is 5.97 Å². The molecule has 21 heavy (non-hydrogen) atoms. The third-order valence-electron chi connectivity index (χ3n) is 3.25. The largest absolute Gasteiger partial charge is 0.481 e. The topological polar surface area (TPSA) is 67.8 Å². The van der Waals surface area contributed by atoms with E-state index in [0.717, 1.165) is 21.9 Å². The van der Waals surface area contributed by atoms with Crippen molar-refractivity contribution in [2.45, 2.75) is 19.0 Å². The van der Waals surface area contributed by atoms with E-state index in [1.807, 2.05) is 35.7 Å². The lowest BCUT2D eigenvalue weighted by atomic mass is 10.1. The van der Waals surface area contributed by atoms with E-state index in [9.17, 15) is 4.79 Å². The predicted molar refractivity (Wildman–Crippen MR) is 78.7 cm³/mol. The van der Waals surface area contributed by atoms with E-state index in [1.54, 1.807) is 11.3 Å². The molecule has 0 fully saturated rings. The minimum absolute atomic E-state index is 0.0606. The molecule has 0 radical (unpaired) electrons. The SMILES string of the molecule is O=C(O)CC(NCc1ccc2c(c1)OCO2)c1cccs1. The summed E-state index contributed by atoms with van der Waals surface area (Å²) >= 11 is 1.56. The number of hydrogen-bond donors (Lipinski definition) is 2. The standard InChI is InChI=1S/C15H15NO4S/c17-15(18)7-11(14-2-1-5-21-14)16-8-10-3-4-12-13(6-10)20-9-19-12/h1-6,11,16H,7-9H2,(H,17,18). The highest BCUT2D eigenvalue weighted by Crippen LogP contribution is 2.32. The van der Waals surface area contributed by atoms with Gasteiger partial charge in [0.15, 0.2) is 11.5 Å². The van der Waals surface area contributed by atoms with Gasteiger partial charge in [-0.25, -0.2) is 0 Å². The van der Waals surface area contributed by atoms with Crippen LogP contribution in [0.25, 0.3) is 0 Å². The number of fused-ring (bicyclic) bond motifs is 1. The van der Waals surface area contributed by atoms with Crippen molar-refractivity contribution in [2.75, 3.05) is 6.79 Å². The lowest BCUT2D eigenvalue weighted by molar-refractivity contribution is -0.137. The maximum absolute atomic E-state index is 11.0. The van der Waals surface area contributed by atoms with Gasteiger partial charge in [0, 0.05) is 11.4 Å². The summed E-state index contributed by atoms with van der Waals surface area (Å²) < 4.78 is 10.6. The van der Waals surface area contributed by atoms with Crippen molar-refractivity contribution in [3.05, 3.63) is 46.2 Å². The van der Waals surface area contributed by atoms with Crippen LogP contribution in [0.3, 0.4) is 0 Å². The third-order valence-corrected chi connectivity index (χ3v) is 4.24. The van der Waals surface area contributed by atoms with Gasteiger partial charge in [-0.3, -0.25) is 4.79 Å². The highest BCUT2D eigenvalue weighted by Gasteiger charge is 2.17. The Morgan fingerprint density at radius 1 is 1.33 bits per heavy atom. The number of nitrogens with one attached hydrogen (secondary N) is 1. The molecule has 0 saturated carbocycles. The Morgan fingerprint density at radius 3 is 2.95 bits per heavy atom. The van der Waals surface area contributed by atoms with Crippen molar-refractivity contribution in [3.8, 4) is 11.5 Å². The molecule has 1 aromatic heterocycles. The van der Waals surface area contributed by atoms with E-state index < -0.39 is 5.97 Å². The van der Waals surface area contributed by atoms with Crippen molar-refractivity contribution in [2.24, 2.45) is 0 Å². The molecule has 3 rings (SSSR count). The van der Waals surface area contributed by atoms with E-state index >= 15 is 0 Å². The average Bonchev–Trinajstić information content (AvgIpc) is 3.13. The van der Waals surface area contributed by atoms with Gasteiger partial charge in [-0.15, -0.1) is 11.3 Å². The highest BCUT2D eigenvalue weighted by atomic mass is 32.1. The molecule has 5 nitrogen and oxygen atoms in total. The predicted octanol–water partition coefficient (Wildman–Crippen LogP) is 2.78. The molecule has 110 valence electrons. The number of thiophene rings is 1. The molecule has 0 amide bonds. The highest BCUT2D eigenvalue weighted by molar-refractivity contribution is 7.10. The van der Waals surface area contributed by atoms with Gasteiger partial charge in [0.1, 0.15) is 0 Å². The van der Waals surface area contributed by atoms with E-state index in [1.165, 1.54) is 0 Å².